The molecule has 0 aliphatic heterocycles. The molecule has 1 rings (SSSR count). The molecule has 1 nitrogen and oxygen atoms in total. The monoisotopic (exact) mass is 221 g/mol. The maximum absolute atomic E-state index is 3.71. The Hall–Kier alpha value is -0.480. The van der Waals surface area contributed by atoms with Gasteiger partial charge in [0.05, 0.1) is 0 Å². The van der Waals surface area contributed by atoms with Crippen molar-refractivity contribution in [1.29, 1.82) is 0 Å². The van der Waals surface area contributed by atoms with E-state index >= 15 is 0 Å². The Kier molecular flexibility index (Phi) is 5.35. The second-order valence-electron chi connectivity index (χ2n) is 5.99. The molecule has 0 spiro atoms. The summed E-state index contributed by atoms with van der Waals surface area (Å²) in [6.07, 6.45) is 6.53. The topological polar surface area (TPSA) is 12.0 Å². The average molecular weight is 221 g/mol. The lowest BCUT2D eigenvalue weighted by Crippen LogP contribution is -2.44. The zero-order valence-corrected chi connectivity index (χ0v) is 11.4. The fourth-order valence-corrected chi connectivity index (χ4v) is 2.86. The molecule has 0 radical (unpaired) electrons. The Labute approximate surface area is 101 Å². The van der Waals surface area contributed by atoms with Crippen LogP contribution in [0.15, 0.2) is 0 Å². The Balaban J connectivity index is 2.43. The molecular formula is C15H27N. The van der Waals surface area contributed by atoms with E-state index < -0.39 is 0 Å². The van der Waals surface area contributed by atoms with Crippen LogP contribution in [0.5, 0.6) is 0 Å². The summed E-state index contributed by atoms with van der Waals surface area (Å²) in [5.41, 5.74) is 0.439. The van der Waals surface area contributed by atoms with Gasteiger partial charge in [0.1, 0.15) is 0 Å². The highest BCUT2D eigenvalue weighted by atomic mass is 14.9. The van der Waals surface area contributed by atoms with Gasteiger partial charge >= 0.3 is 0 Å². The highest BCUT2D eigenvalue weighted by Gasteiger charge is 2.33. The van der Waals surface area contributed by atoms with Crippen LogP contribution < -0.4 is 5.32 Å². The molecule has 0 aromatic rings. The predicted octanol–water partition coefficient (Wildman–Crippen LogP) is 3.59. The van der Waals surface area contributed by atoms with Gasteiger partial charge < -0.3 is 5.32 Å². The second-order valence-corrected chi connectivity index (χ2v) is 5.99. The summed E-state index contributed by atoms with van der Waals surface area (Å²) >= 11 is 0. The largest absolute Gasteiger partial charge is 0.313 e. The Morgan fingerprint density at radius 3 is 2.50 bits per heavy atom. The van der Waals surface area contributed by atoms with Gasteiger partial charge in [-0.15, -0.1) is 11.8 Å². The van der Waals surface area contributed by atoms with Gasteiger partial charge in [0.2, 0.25) is 0 Å². The maximum Gasteiger partial charge on any atom is 0.0214 e. The van der Waals surface area contributed by atoms with Crippen molar-refractivity contribution in [1.82, 2.24) is 5.32 Å². The first kappa shape index (κ1) is 13.6. The molecule has 0 aromatic heterocycles. The lowest BCUT2D eigenvalue weighted by atomic mass is 9.69. The molecule has 0 amide bonds. The van der Waals surface area contributed by atoms with Gasteiger partial charge in [-0.25, -0.2) is 0 Å². The fraction of sp³-hybridized carbons (Fsp3) is 0.867. The van der Waals surface area contributed by atoms with E-state index in [1.807, 2.05) is 6.92 Å². The quantitative estimate of drug-likeness (QED) is 0.567. The molecule has 2 atom stereocenters. The summed E-state index contributed by atoms with van der Waals surface area (Å²) in [6, 6.07) is 0.715. The van der Waals surface area contributed by atoms with E-state index in [4.69, 9.17) is 0 Å². The van der Waals surface area contributed by atoms with Crippen LogP contribution in [0.2, 0.25) is 0 Å². The Morgan fingerprint density at radius 2 is 1.88 bits per heavy atom. The number of nitrogens with one attached hydrogen (secondary N) is 1. The minimum absolute atomic E-state index is 0.439. The lowest BCUT2D eigenvalue weighted by molar-refractivity contribution is 0.132. The van der Waals surface area contributed by atoms with E-state index in [-0.39, 0.29) is 0 Å². The highest BCUT2D eigenvalue weighted by molar-refractivity contribution is 4.96. The summed E-state index contributed by atoms with van der Waals surface area (Å²) in [4.78, 5) is 0. The third kappa shape index (κ3) is 4.18. The summed E-state index contributed by atoms with van der Waals surface area (Å²) in [5, 5.41) is 3.71. The van der Waals surface area contributed by atoms with Crippen molar-refractivity contribution in [2.24, 2.45) is 11.3 Å². The summed E-state index contributed by atoms with van der Waals surface area (Å²) in [7, 11) is 0. The maximum atomic E-state index is 3.71. The molecule has 0 heterocycles. The summed E-state index contributed by atoms with van der Waals surface area (Å²) < 4.78 is 0. The van der Waals surface area contributed by atoms with E-state index in [9.17, 15) is 0 Å². The molecule has 1 N–H and O–H groups in total. The van der Waals surface area contributed by atoms with Crippen molar-refractivity contribution < 1.29 is 0 Å². The first-order valence-electron chi connectivity index (χ1n) is 6.68. The second kappa shape index (κ2) is 6.30. The Morgan fingerprint density at radius 1 is 1.19 bits per heavy atom. The van der Waals surface area contributed by atoms with Gasteiger partial charge in [-0.3, -0.25) is 0 Å². The van der Waals surface area contributed by atoms with Crippen LogP contribution in [0.25, 0.3) is 0 Å². The molecule has 1 aliphatic rings. The van der Waals surface area contributed by atoms with Gasteiger partial charge in [0, 0.05) is 19.0 Å². The van der Waals surface area contributed by atoms with Crippen LogP contribution in [-0.2, 0) is 0 Å². The molecule has 1 aliphatic carbocycles. The number of hydrogen-bond donors (Lipinski definition) is 1. The molecule has 2 unspecified atom stereocenters. The number of hydrogen-bond acceptors (Lipinski definition) is 1. The normalized spacial score (nSPS) is 26.0. The van der Waals surface area contributed by atoms with Gasteiger partial charge in [0.25, 0.3) is 0 Å². The van der Waals surface area contributed by atoms with Crippen molar-refractivity contribution >= 4 is 0 Å². The third-order valence-electron chi connectivity index (χ3n) is 3.71. The number of rotatable bonds is 3. The highest BCUT2D eigenvalue weighted by Crippen LogP contribution is 2.37. The first-order valence-corrected chi connectivity index (χ1v) is 6.68. The van der Waals surface area contributed by atoms with Crippen LogP contribution in [-0.4, -0.2) is 12.6 Å². The standard InChI is InChI=1S/C15H27N/c1-5-6-9-12-16-14-11-8-7-10-13(14)15(2,3)4/h13-14,16H,7-12H2,1-4H3. The average Bonchev–Trinajstić information content (AvgIpc) is 2.24. The van der Waals surface area contributed by atoms with Crippen LogP contribution in [0.3, 0.4) is 0 Å². The third-order valence-corrected chi connectivity index (χ3v) is 3.71. The molecule has 16 heavy (non-hydrogen) atoms. The Bertz CT molecular complexity index is 251. The van der Waals surface area contributed by atoms with E-state index in [1.54, 1.807) is 0 Å². The molecule has 0 aromatic carbocycles. The summed E-state index contributed by atoms with van der Waals surface area (Å²) in [6.45, 7) is 10.1. The minimum Gasteiger partial charge on any atom is -0.313 e. The molecule has 1 fully saturated rings. The predicted molar refractivity (Wildman–Crippen MR) is 71.3 cm³/mol. The van der Waals surface area contributed by atoms with E-state index in [0.717, 1.165) is 18.9 Å². The molecular weight excluding hydrogens is 194 g/mol. The van der Waals surface area contributed by atoms with Gasteiger partial charge in [-0.1, -0.05) is 33.6 Å². The zero-order chi connectivity index (χ0) is 12.0. The lowest BCUT2D eigenvalue weighted by Gasteiger charge is -2.41. The minimum atomic E-state index is 0.439. The molecule has 92 valence electrons. The van der Waals surface area contributed by atoms with Gasteiger partial charge in [0.15, 0.2) is 0 Å². The van der Waals surface area contributed by atoms with Crippen molar-refractivity contribution in [3.05, 3.63) is 0 Å². The van der Waals surface area contributed by atoms with E-state index in [2.05, 4.69) is 37.9 Å². The van der Waals surface area contributed by atoms with Crippen molar-refractivity contribution in [3.8, 4) is 11.8 Å². The summed E-state index contributed by atoms with van der Waals surface area (Å²) in [5.74, 6) is 6.92. The molecule has 1 saturated carbocycles. The van der Waals surface area contributed by atoms with Crippen molar-refractivity contribution in [2.75, 3.05) is 6.54 Å². The van der Waals surface area contributed by atoms with Crippen LogP contribution in [0.1, 0.15) is 59.8 Å². The molecule has 1 heteroatoms. The molecule has 0 saturated heterocycles. The zero-order valence-electron chi connectivity index (χ0n) is 11.4. The van der Waals surface area contributed by atoms with Crippen LogP contribution >= 0.6 is 0 Å². The van der Waals surface area contributed by atoms with Crippen LogP contribution in [0.4, 0.5) is 0 Å². The van der Waals surface area contributed by atoms with Crippen LogP contribution in [0, 0.1) is 23.2 Å². The van der Waals surface area contributed by atoms with Crippen molar-refractivity contribution in [2.45, 2.75) is 65.8 Å². The van der Waals surface area contributed by atoms with Crippen molar-refractivity contribution in [3.63, 3.8) is 0 Å². The van der Waals surface area contributed by atoms with Gasteiger partial charge in [-0.05, 0) is 31.1 Å². The SMILES string of the molecule is CC#CCCNC1CCCCC1C(C)(C)C. The smallest absolute Gasteiger partial charge is 0.0214 e. The first-order chi connectivity index (χ1) is 7.55. The van der Waals surface area contributed by atoms with Gasteiger partial charge in [-0.2, -0.15) is 0 Å². The molecule has 0 bridgehead atoms. The fourth-order valence-electron chi connectivity index (χ4n) is 2.86. The van der Waals surface area contributed by atoms with E-state index in [1.165, 1.54) is 25.7 Å². The van der Waals surface area contributed by atoms with E-state index in [0.29, 0.717) is 11.5 Å².